The minimum atomic E-state index is 0.711. The smallest absolute Gasteiger partial charge is 0.140 e. The highest BCUT2D eigenvalue weighted by molar-refractivity contribution is 9.10. The number of hydrogen-bond donors (Lipinski definition) is 1. The first-order valence-electron chi connectivity index (χ1n) is 5.70. The molecule has 0 spiro atoms. The average molecular weight is 285 g/mol. The van der Waals surface area contributed by atoms with Crippen molar-refractivity contribution in [3.63, 3.8) is 0 Å². The number of nitrogens with zero attached hydrogens (tertiary/aromatic N) is 1. The zero-order valence-electron chi connectivity index (χ0n) is 9.50. The summed E-state index contributed by atoms with van der Waals surface area (Å²) in [5, 5.41) is 3.41. The molecule has 0 amide bonds. The van der Waals surface area contributed by atoms with Crippen molar-refractivity contribution < 1.29 is 4.74 Å². The van der Waals surface area contributed by atoms with Gasteiger partial charge in [-0.25, -0.2) is 4.98 Å². The fourth-order valence-corrected chi connectivity index (χ4v) is 2.23. The lowest BCUT2D eigenvalue weighted by atomic mass is 10.0. The van der Waals surface area contributed by atoms with Crippen LogP contribution in [0.25, 0.3) is 0 Å². The number of ether oxygens (including phenoxy) is 1. The second-order valence-electron chi connectivity index (χ2n) is 4.23. The molecule has 1 N–H and O–H groups in total. The van der Waals surface area contributed by atoms with Crippen LogP contribution in [0, 0.1) is 12.8 Å². The predicted molar refractivity (Wildman–Crippen MR) is 68.7 cm³/mol. The van der Waals surface area contributed by atoms with Crippen LogP contribution in [-0.4, -0.2) is 24.7 Å². The highest BCUT2D eigenvalue weighted by Crippen LogP contribution is 2.24. The van der Waals surface area contributed by atoms with Gasteiger partial charge in [0.2, 0.25) is 0 Å². The van der Waals surface area contributed by atoms with Crippen molar-refractivity contribution >= 4 is 21.7 Å². The van der Waals surface area contributed by atoms with Gasteiger partial charge in [-0.15, -0.1) is 0 Å². The molecule has 1 aromatic heterocycles. The summed E-state index contributed by atoms with van der Waals surface area (Å²) in [4.78, 5) is 4.33. The third-order valence-electron chi connectivity index (χ3n) is 2.98. The van der Waals surface area contributed by atoms with Crippen LogP contribution in [0.4, 0.5) is 5.82 Å². The topological polar surface area (TPSA) is 34.2 Å². The number of nitrogens with one attached hydrogen (secondary N) is 1. The van der Waals surface area contributed by atoms with E-state index < -0.39 is 0 Å². The summed E-state index contributed by atoms with van der Waals surface area (Å²) in [6.07, 6.45) is 4.14. The number of rotatable bonds is 3. The lowest BCUT2D eigenvalue weighted by molar-refractivity contribution is 0.0699. The Morgan fingerprint density at radius 3 is 3.00 bits per heavy atom. The van der Waals surface area contributed by atoms with E-state index in [4.69, 9.17) is 4.74 Å². The summed E-state index contributed by atoms with van der Waals surface area (Å²) >= 11 is 3.56. The largest absolute Gasteiger partial charge is 0.381 e. The van der Waals surface area contributed by atoms with Crippen LogP contribution < -0.4 is 5.32 Å². The molecule has 1 saturated heterocycles. The number of aryl methyl sites for hydroxylation is 1. The van der Waals surface area contributed by atoms with Crippen molar-refractivity contribution in [3.05, 3.63) is 22.3 Å². The molecule has 0 aromatic carbocycles. The SMILES string of the molecule is Cc1ccnc(NCC2CCOCC2)c1Br. The van der Waals surface area contributed by atoms with Crippen LogP contribution in [-0.2, 0) is 4.74 Å². The quantitative estimate of drug-likeness (QED) is 0.927. The number of anilines is 1. The van der Waals surface area contributed by atoms with Crippen molar-refractivity contribution in [1.82, 2.24) is 4.98 Å². The lowest BCUT2D eigenvalue weighted by Crippen LogP contribution is -2.23. The van der Waals surface area contributed by atoms with Gasteiger partial charge in [-0.05, 0) is 53.2 Å². The van der Waals surface area contributed by atoms with Crippen molar-refractivity contribution in [3.8, 4) is 0 Å². The Kier molecular flexibility index (Phi) is 4.18. The fraction of sp³-hybridized carbons (Fsp3) is 0.583. The van der Waals surface area contributed by atoms with Gasteiger partial charge < -0.3 is 10.1 Å². The summed E-state index contributed by atoms with van der Waals surface area (Å²) < 4.78 is 6.41. The minimum absolute atomic E-state index is 0.711. The van der Waals surface area contributed by atoms with Crippen LogP contribution in [0.15, 0.2) is 16.7 Å². The molecule has 1 aliphatic rings. The molecule has 3 nitrogen and oxygen atoms in total. The monoisotopic (exact) mass is 284 g/mol. The summed E-state index contributed by atoms with van der Waals surface area (Å²) in [6.45, 7) is 4.85. The van der Waals surface area contributed by atoms with Gasteiger partial charge in [-0.1, -0.05) is 0 Å². The molecule has 0 radical (unpaired) electrons. The standard InChI is InChI=1S/C12H17BrN2O/c1-9-2-5-14-12(11(9)13)15-8-10-3-6-16-7-4-10/h2,5,10H,3-4,6-8H2,1H3,(H,14,15). The third kappa shape index (κ3) is 2.95. The van der Waals surface area contributed by atoms with Crippen LogP contribution >= 0.6 is 15.9 Å². The lowest BCUT2D eigenvalue weighted by Gasteiger charge is -2.22. The number of aromatic nitrogens is 1. The second kappa shape index (κ2) is 5.64. The van der Waals surface area contributed by atoms with Crippen LogP contribution in [0.5, 0.6) is 0 Å². The molecule has 2 heterocycles. The van der Waals surface area contributed by atoms with E-state index in [0.717, 1.165) is 42.9 Å². The Balaban J connectivity index is 1.91. The first-order valence-corrected chi connectivity index (χ1v) is 6.49. The summed E-state index contributed by atoms with van der Waals surface area (Å²) in [7, 11) is 0. The first-order chi connectivity index (χ1) is 7.77. The Morgan fingerprint density at radius 1 is 1.50 bits per heavy atom. The van der Waals surface area contributed by atoms with Gasteiger partial charge in [-0.3, -0.25) is 0 Å². The zero-order valence-corrected chi connectivity index (χ0v) is 11.1. The molecular weight excluding hydrogens is 268 g/mol. The molecule has 1 fully saturated rings. The minimum Gasteiger partial charge on any atom is -0.381 e. The number of pyridine rings is 1. The molecule has 1 aliphatic heterocycles. The third-order valence-corrected chi connectivity index (χ3v) is 3.98. The van der Waals surface area contributed by atoms with Crippen molar-refractivity contribution in [2.24, 2.45) is 5.92 Å². The number of halogens is 1. The molecule has 16 heavy (non-hydrogen) atoms. The molecular formula is C12H17BrN2O. The van der Waals surface area contributed by atoms with Crippen LogP contribution in [0.2, 0.25) is 0 Å². The van der Waals surface area contributed by atoms with E-state index in [0.29, 0.717) is 5.92 Å². The molecule has 0 saturated carbocycles. The zero-order chi connectivity index (χ0) is 11.4. The normalized spacial score (nSPS) is 17.4. The molecule has 88 valence electrons. The van der Waals surface area contributed by atoms with Gasteiger partial charge in [0.1, 0.15) is 5.82 Å². The summed E-state index contributed by atoms with van der Waals surface area (Å²) in [5.41, 5.74) is 1.21. The Labute approximate surface area is 105 Å². The Hall–Kier alpha value is -0.610. The maximum atomic E-state index is 5.34. The van der Waals surface area contributed by atoms with E-state index in [1.807, 2.05) is 12.3 Å². The summed E-state index contributed by atoms with van der Waals surface area (Å²) in [5.74, 6) is 1.66. The molecule has 4 heteroatoms. The average Bonchev–Trinajstić information content (AvgIpc) is 2.32. The van der Waals surface area contributed by atoms with E-state index in [1.54, 1.807) is 0 Å². The second-order valence-corrected chi connectivity index (χ2v) is 5.02. The van der Waals surface area contributed by atoms with E-state index in [1.165, 1.54) is 5.56 Å². The highest BCUT2D eigenvalue weighted by Gasteiger charge is 2.14. The van der Waals surface area contributed by atoms with Crippen molar-refractivity contribution in [1.29, 1.82) is 0 Å². The van der Waals surface area contributed by atoms with E-state index >= 15 is 0 Å². The first kappa shape index (κ1) is 11.9. The van der Waals surface area contributed by atoms with Crippen molar-refractivity contribution in [2.45, 2.75) is 19.8 Å². The van der Waals surface area contributed by atoms with Gasteiger partial charge in [0, 0.05) is 26.0 Å². The summed E-state index contributed by atoms with van der Waals surface area (Å²) in [6, 6.07) is 2.00. The molecule has 0 aliphatic carbocycles. The van der Waals surface area contributed by atoms with Gasteiger partial charge in [0.25, 0.3) is 0 Å². The van der Waals surface area contributed by atoms with Crippen molar-refractivity contribution in [2.75, 3.05) is 25.1 Å². The molecule has 0 unspecified atom stereocenters. The van der Waals surface area contributed by atoms with E-state index in [-0.39, 0.29) is 0 Å². The molecule has 2 rings (SSSR count). The van der Waals surface area contributed by atoms with Gasteiger partial charge in [0.15, 0.2) is 0 Å². The highest BCUT2D eigenvalue weighted by atomic mass is 79.9. The maximum Gasteiger partial charge on any atom is 0.140 e. The van der Waals surface area contributed by atoms with Gasteiger partial charge in [-0.2, -0.15) is 0 Å². The number of hydrogen-bond acceptors (Lipinski definition) is 3. The fourth-order valence-electron chi connectivity index (χ4n) is 1.85. The molecule has 0 bridgehead atoms. The molecule has 0 atom stereocenters. The van der Waals surface area contributed by atoms with Crippen LogP contribution in [0.3, 0.4) is 0 Å². The van der Waals surface area contributed by atoms with E-state index in [9.17, 15) is 0 Å². The van der Waals surface area contributed by atoms with Gasteiger partial charge in [0.05, 0.1) is 4.47 Å². The van der Waals surface area contributed by atoms with E-state index in [2.05, 4.69) is 33.2 Å². The predicted octanol–water partition coefficient (Wildman–Crippen LogP) is 2.99. The van der Waals surface area contributed by atoms with Crippen LogP contribution in [0.1, 0.15) is 18.4 Å². The Bertz CT molecular complexity index is 351. The molecule has 1 aromatic rings. The Morgan fingerprint density at radius 2 is 2.25 bits per heavy atom. The van der Waals surface area contributed by atoms with Gasteiger partial charge >= 0.3 is 0 Å². The maximum absolute atomic E-state index is 5.34.